The highest BCUT2D eigenvalue weighted by molar-refractivity contribution is 5.94. The lowest BCUT2D eigenvalue weighted by molar-refractivity contribution is 0.259. The van der Waals surface area contributed by atoms with Gasteiger partial charge in [-0.2, -0.15) is 0 Å². The monoisotopic (exact) mass is 176 g/mol. The van der Waals surface area contributed by atoms with E-state index in [1.807, 2.05) is 31.2 Å². The lowest BCUT2D eigenvalue weighted by Crippen LogP contribution is -2.05. The molecule has 3 heteroatoms. The van der Waals surface area contributed by atoms with Crippen molar-refractivity contribution in [2.75, 3.05) is 5.32 Å². The maximum atomic E-state index is 11.0. The normalized spacial score (nSPS) is 10.3. The van der Waals surface area contributed by atoms with Crippen molar-refractivity contribution in [2.24, 2.45) is 4.99 Å². The third kappa shape index (κ3) is 3.07. The molecule has 0 radical (unpaired) electrons. The van der Waals surface area contributed by atoms with Crippen LogP contribution in [0, 0.1) is 6.92 Å². The summed E-state index contributed by atoms with van der Waals surface area (Å²) in [4.78, 5) is 14.6. The molecule has 0 spiro atoms. The van der Waals surface area contributed by atoms with Crippen LogP contribution < -0.4 is 5.32 Å². The van der Waals surface area contributed by atoms with Crippen molar-refractivity contribution in [2.45, 2.75) is 13.8 Å². The molecule has 0 aromatic heterocycles. The van der Waals surface area contributed by atoms with E-state index in [1.165, 1.54) is 6.21 Å². The standard InChI is InChI=1S/C10H12N2O/c1-3-11-10(13)12-9-6-4-8(2)5-7-9/h3-7H,1-2H3,(H,12,13). The Morgan fingerprint density at radius 3 is 2.54 bits per heavy atom. The predicted octanol–water partition coefficient (Wildman–Crippen LogP) is 2.62. The summed E-state index contributed by atoms with van der Waals surface area (Å²) < 4.78 is 0. The second-order valence-corrected chi connectivity index (χ2v) is 2.68. The molecule has 0 atom stereocenters. The van der Waals surface area contributed by atoms with Crippen molar-refractivity contribution in [1.29, 1.82) is 0 Å². The van der Waals surface area contributed by atoms with Gasteiger partial charge >= 0.3 is 6.03 Å². The third-order valence-electron chi connectivity index (χ3n) is 1.55. The van der Waals surface area contributed by atoms with Crippen molar-refractivity contribution in [3.05, 3.63) is 29.8 Å². The molecular formula is C10H12N2O. The fourth-order valence-electron chi connectivity index (χ4n) is 0.910. The number of aryl methyl sites for hydroxylation is 1. The zero-order valence-electron chi connectivity index (χ0n) is 7.74. The zero-order valence-corrected chi connectivity index (χ0v) is 7.74. The van der Waals surface area contributed by atoms with Gasteiger partial charge in [-0.05, 0) is 26.0 Å². The minimum Gasteiger partial charge on any atom is -0.306 e. The number of aliphatic imine (C=N–C) groups is 1. The number of benzene rings is 1. The van der Waals surface area contributed by atoms with Crippen molar-refractivity contribution in [3.8, 4) is 0 Å². The van der Waals surface area contributed by atoms with Crippen LogP contribution in [-0.4, -0.2) is 12.2 Å². The molecule has 1 N–H and O–H groups in total. The molecule has 0 saturated carbocycles. The Hall–Kier alpha value is -1.64. The highest BCUT2D eigenvalue weighted by Gasteiger charge is 1.96. The Balaban J connectivity index is 2.64. The van der Waals surface area contributed by atoms with Crippen LogP contribution in [0.25, 0.3) is 0 Å². The maximum absolute atomic E-state index is 11.0. The Morgan fingerprint density at radius 1 is 1.38 bits per heavy atom. The number of hydrogen-bond donors (Lipinski definition) is 1. The third-order valence-corrected chi connectivity index (χ3v) is 1.55. The molecule has 68 valence electrons. The molecule has 0 aliphatic rings. The van der Waals surface area contributed by atoms with Crippen molar-refractivity contribution in [1.82, 2.24) is 0 Å². The molecule has 0 heterocycles. The van der Waals surface area contributed by atoms with Crippen LogP contribution in [0.2, 0.25) is 0 Å². The van der Waals surface area contributed by atoms with Crippen LogP contribution in [0.3, 0.4) is 0 Å². The van der Waals surface area contributed by atoms with Gasteiger partial charge in [0.25, 0.3) is 0 Å². The number of hydrogen-bond acceptors (Lipinski definition) is 1. The van der Waals surface area contributed by atoms with Crippen LogP contribution in [0.4, 0.5) is 10.5 Å². The Kier molecular flexibility index (Phi) is 3.20. The van der Waals surface area contributed by atoms with E-state index in [9.17, 15) is 4.79 Å². The summed E-state index contributed by atoms with van der Waals surface area (Å²) in [6.07, 6.45) is 1.46. The van der Waals surface area contributed by atoms with Crippen molar-refractivity contribution in [3.63, 3.8) is 0 Å². The largest absolute Gasteiger partial charge is 0.345 e. The number of carbonyl (C=O) groups excluding carboxylic acids is 1. The summed E-state index contributed by atoms with van der Waals surface area (Å²) >= 11 is 0. The summed E-state index contributed by atoms with van der Waals surface area (Å²) in [6, 6.07) is 7.22. The topological polar surface area (TPSA) is 41.5 Å². The first-order valence-corrected chi connectivity index (χ1v) is 4.08. The van der Waals surface area contributed by atoms with E-state index in [0.717, 1.165) is 11.3 Å². The molecule has 1 rings (SSSR count). The van der Waals surface area contributed by atoms with Gasteiger partial charge in [-0.15, -0.1) is 0 Å². The molecule has 0 saturated heterocycles. The summed E-state index contributed by atoms with van der Waals surface area (Å²) in [5.41, 5.74) is 1.93. The number of nitrogens with one attached hydrogen (secondary N) is 1. The van der Waals surface area contributed by atoms with Gasteiger partial charge < -0.3 is 5.32 Å². The van der Waals surface area contributed by atoms with Gasteiger partial charge in [0.15, 0.2) is 0 Å². The molecule has 0 aliphatic heterocycles. The van der Waals surface area contributed by atoms with E-state index in [1.54, 1.807) is 6.92 Å². The minimum atomic E-state index is -0.341. The zero-order chi connectivity index (χ0) is 9.68. The van der Waals surface area contributed by atoms with E-state index in [-0.39, 0.29) is 6.03 Å². The Labute approximate surface area is 77.5 Å². The number of urea groups is 1. The average molecular weight is 176 g/mol. The molecule has 0 unspecified atom stereocenters. The molecule has 0 fully saturated rings. The fraction of sp³-hybridized carbons (Fsp3) is 0.200. The lowest BCUT2D eigenvalue weighted by Gasteiger charge is -2.00. The minimum absolute atomic E-state index is 0.341. The average Bonchev–Trinajstić information content (AvgIpc) is 2.09. The van der Waals surface area contributed by atoms with Gasteiger partial charge in [-0.1, -0.05) is 17.7 Å². The van der Waals surface area contributed by atoms with E-state index in [4.69, 9.17) is 0 Å². The van der Waals surface area contributed by atoms with Crippen molar-refractivity contribution >= 4 is 17.9 Å². The van der Waals surface area contributed by atoms with E-state index in [0.29, 0.717) is 0 Å². The Morgan fingerprint density at radius 2 is 2.00 bits per heavy atom. The summed E-state index contributed by atoms with van der Waals surface area (Å²) in [5, 5.41) is 2.63. The number of amides is 2. The molecule has 2 amide bonds. The lowest BCUT2D eigenvalue weighted by atomic mass is 10.2. The quantitative estimate of drug-likeness (QED) is 0.656. The molecule has 0 aliphatic carbocycles. The van der Waals surface area contributed by atoms with Gasteiger partial charge in [0.05, 0.1) is 0 Å². The summed E-state index contributed by atoms with van der Waals surface area (Å²) in [5.74, 6) is 0. The van der Waals surface area contributed by atoms with Gasteiger partial charge in [0, 0.05) is 11.9 Å². The summed E-state index contributed by atoms with van der Waals surface area (Å²) in [7, 11) is 0. The second kappa shape index (κ2) is 4.40. The molecule has 1 aromatic carbocycles. The van der Waals surface area contributed by atoms with Crippen LogP contribution in [-0.2, 0) is 0 Å². The first-order valence-electron chi connectivity index (χ1n) is 4.08. The number of rotatable bonds is 1. The Bertz CT molecular complexity index is 314. The highest BCUT2D eigenvalue weighted by Crippen LogP contribution is 2.08. The fourth-order valence-corrected chi connectivity index (χ4v) is 0.910. The second-order valence-electron chi connectivity index (χ2n) is 2.68. The SMILES string of the molecule is CC=NC(=O)Nc1ccc(C)cc1. The number of anilines is 1. The van der Waals surface area contributed by atoms with Gasteiger partial charge in [-0.3, -0.25) is 0 Å². The van der Waals surface area contributed by atoms with E-state index >= 15 is 0 Å². The number of carbonyl (C=O) groups is 1. The first kappa shape index (κ1) is 9.45. The van der Waals surface area contributed by atoms with Crippen LogP contribution in [0.15, 0.2) is 29.3 Å². The molecule has 13 heavy (non-hydrogen) atoms. The molecule has 3 nitrogen and oxygen atoms in total. The van der Waals surface area contributed by atoms with E-state index in [2.05, 4.69) is 10.3 Å². The van der Waals surface area contributed by atoms with Crippen LogP contribution in [0.5, 0.6) is 0 Å². The van der Waals surface area contributed by atoms with Crippen LogP contribution in [0.1, 0.15) is 12.5 Å². The molecule has 0 bridgehead atoms. The smallest absolute Gasteiger partial charge is 0.306 e. The maximum Gasteiger partial charge on any atom is 0.345 e. The number of nitrogens with zero attached hydrogens (tertiary/aromatic N) is 1. The van der Waals surface area contributed by atoms with Gasteiger partial charge in [0.1, 0.15) is 0 Å². The summed E-state index contributed by atoms with van der Waals surface area (Å²) in [6.45, 7) is 3.70. The van der Waals surface area contributed by atoms with E-state index < -0.39 is 0 Å². The van der Waals surface area contributed by atoms with Crippen molar-refractivity contribution < 1.29 is 4.79 Å². The highest BCUT2D eigenvalue weighted by atomic mass is 16.2. The van der Waals surface area contributed by atoms with Crippen LogP contribution >= 0.6 is 0 Å². The van der Waals surface area contributed by atoms with Gasteiger partial charge in [-0.25, -0.2) is 9.79 Å². The predicted molar refractivity (Wildman–Crippen MR) is 54.4 cm³/mol. The van der Waals surface area contributed by atoms with Gasteiger partial charge in [0.2, 0.25) is 0 Å². The first-order chi connectivity index (χ1) is 6.22. The molecule has 1 aromatic rings. The molecular weight excluding hydrogens is 164 g/mol.